The van der Waals surface area contributed by atoms with E-state index in [4.69, 9.17) is 20.7 Å². The van der Waals surface area contributed by atoms with Crippen LogP contribution in [0.15, 0.2) is 66.5 Å². The molecule has 0 aliphatic carbocycles. The third kappa shape index (κ3) is 5.29. The summed E-state index contributed by atoms with van der Waals surface area (Å²) in [6.45, 7) is 5.97. The van der Waals surface area contributed by atoms with Crippen LogP contribution in [-0.2, 0) is 13.7 Å². The fraction of sp³-hybridized carbons (Fsp3) is 0.172. The average Bonchev–Trinajstić information content (AvgIpc) is 3.27. The van der Waals surface area contributed by atoms with Gasteiger partial charge in [0.2, 0.25) is 5.95 Å². The summed E-state index contributed by atoms with van der Waals surface area (Å²) < 4.78 is 8.29. The maximum absolute atomic E-state index is 9.39. The van der Waals surface area contributed by atoms with Crippen molar-refractivity contribution in [2.45, 2.75) is 27.4 Å². The minimum Gasteiger partial charge on any atom is -0.487 e. The average molecular weight is 490 g/mol. The highest BCUT2D eigenvalue weighted by atomic mass is 16.5. The first-order chi connectivity index (χ1) is 17.8. The number of aryl methyl sites for hydroxylation is 3. The molecule has 0 unspecified atom stereocenters. The molecule has 0 saturated heterocycles. The molecule has 4 rings (SSSR count). The molecule has 37 heavy (non-hydrogen) atoms. The molecule has 3 N–H and O–H groups in total. The molecule has 0 spiro atoms. The molecular weight excluding hydrogens is 462 g/mol. The molecule has 0 fully saturated rings. The minimum absolute atomic E-state index is 0.239. The molecule has 8 nitrogen and oxygen atoms in total. The highest BCUT2D eigenvalue weighted by Gasteiger charge is 2.15. The standard InChI is InChI=1S/C29H27N7O/c1-18-13-22(24(9-11-30)20(3)15-31)14-19(2)28(18)37-17-26-27-25(10-12-36(27)4)34-29(35-26)33-23-7-5-21(16-32)6-8-23/h5-14H,17,30H2,1-4H3,(H,33,34,35)/b11-9-,24-20-. The van der Waals surface area contributed by atoms with Crippen LogP contribution >= 0.6 is 0 Å². The Balaban J connectivity index is 1.65. The molecule has 0 atom stereocenters. The fourth-order valence-electron chi connectivity index (χ4n) is 4.26. The van der Waals surface area contributed by atoms with Gasteiger partial charge in [-0.2, -0.15) is 10.5 Å². The van der Waals surface area contributed by atoms with E-state index in [-0.39, 0.29) is 6.61 Å². The largest absolute Gasteiger partial charge is 0.487 e. The van der Waals surface area contributed by atoms with E-state index < -0.39 is 0 Å². The molecule has 2 aromatic heterocycles. The first kappa shape index (κ1) is 25.0. The molecular formula is C29H27N7O. The van der Waals surface area contributed by atoms with E-state index >= 15 is 0 Å². The van der Waals surface area contributed by atoms with Crippen molar-refractivity contribution in [3.63, 3.8) is 0 Å². The Morgan fingerprint density at radius 1 is 1.11 bits per heavy atom. The van der Waals surface area contributed by atoms with E-state index in [1.165, 1.54) is 6.20 Å². The van der Waals surface area contributed by atoms with Gasteiger partial charge < -0.3 is 20.4 Å². The molecule has 2 aromatic carbocycles. The first-order valence-corrected chi connectivity index (χ1v) is 11.7. The SMILES string of the molecule is C/C(C#N)=C(\C=C/N)c1cc(C)c(OCc2nc(Nc3ccc(C#N)cc3)nc3ccn(C)c23)c(C)c1. The molecule has 184 valence electrons. The third-order valence-corrected chi connectivity index (χ3v) is 6.02. The number of fused-ring (bicyclic) bond motifs is 1. The van der Waals surface area contributed by atoms with Crippen LogP contribution in [0.25, 0.3) is 16.6 Å². The van der Waals surface area contributed by atoms with Crippen molar-refractivity contribution in [1.82, 2.24) is 14.5 Å². The lowest BCUT2D eigenvalue weighted by Crippen LogP contribution is -2.07. The highest BCUT2D eigenvalue weighted by molar-refractivity contribution is 5.81. The number of nitrogens with one attached hydrogen (secondary N) is 1. The number of ether oxygens (including phenoxy) is 1. The Kier molecular flexibility index (Phi) is 7.22. The van der Waals surface area contributed by atoms with Crippen LogP contribution in [0.3, 0.4) is 0 Å². The van der Waals surface area contributed by atoms with Crippen LogP contribution in [0.2, 0.25) is 0 Å². The molecule has 0 aliphatic rings. The van der Waals surface area contributed by atoms with Crippen molar-refractivity contribution >= 4 is 28.2 Å². The van der Waals surface area contributed by atoms with Crippen LogP contribution in [0, 0.1) is 36.5 Å². The maximum atomic E-state index is 9.39. The zero-order valence-electron chi connectivity index (χ0n) is 21.2. The monoisotopic (exact) mass is 489 g/mol. The van der Waals surface area contributed by atoms with Crippen molar-refractivity contribution in [2.75, 3.05) is 5.32 Å². The van der Waals surface area contributed by atoms with Gasteiger partial charge >= 0.3 is 0 Å². The van der Waals surface area contributed by atoms with Gasteiger partial charge in [-0.1, -0.05) is 0 Å². The van der Waals surface area contributed by atoms with E-state index in [2.05, 4.69) is 22.4 Å². The zero-order chi connectivity index (χ0) is 26.5. The van der Waals surface area contributed by atoms with Crippen LogP contribution in [0.5, 0.6) is 5.75 Å². The number of allylic oxidation sites excluding steroid dienone is 3. The second-order valence-corrected chi connectivity index (χ2v) is 8.71. The summed E-state index contributed by atoms with van der Waals surface area (Å²) >= 11 is 0. The van der Waals surface area contributed by atoms with E-state index in [1.807, 2.05) is 62.0 Å². The summed E-state index contributed by atoms with van der Waals surface area (Å²) in [6, 6.07) is 17.4. The third-order valence-electron chi connectivity index (χ3n) is 6.02. The Hall–Kier alpha value is -5.08. The first-order valence-electron chi connectivity index (χ1n) is 11.7. The van der Waals surface area contributed by atoms with Crippen molar-refractivity contribution in [3.8, 4) is 17.9 Å². The lowest BCUT2D eigenvalue weighted by atomic mass is 9.96. The van der Waals surface area contributed by atoms with Gasteiger partial charge in [0, 0.05) is 24.5 Å². The fourth-order valence-corrected chi connectivity index (χ4v) is 4.26. The second kappa shape index (κ2) is 10.7. The maximum Gasteiger partial charge on any atom is 0.228 e. The molecule has 0 saturated carbocycles. The number of benzene rings is 2. The van der Waals surface area contributed by atoms with Gasteiger partial charge in [-0.25, -0.2) is 9.97 Å². The molecule has 0 radical (unpaired) electrons. The lowest BCUT2D eigenvalue weighted by Gasteiger charge is -2.16. The number of nitrogens with two attached hydrogens (primary N) is 1. The number of hydrogen-bond acceptors (Lipinski definition) is 7. The van der Waals surface area contributed by atoms with Crippen molar-refractivity contribution in [1.29, 1.82) is 10.5 Å². The van der Waals surface area contributed by atoms with E-state index in [1.54, 1.807) is 25.1 Å². The van der Waals surface area contributed by atoms with E-state index in [0.717, 1.165) is 50.4 Å². The molecule has 8 heteroatoms. The molecule has 0 amide bonds. The van der Waals surface area contributed by atoms with Gasteiger partial charge in [0.25, 0.3) is 0 Å². The van der Waals surface area contributed by atoms with Gasteiger partial charge in [0.05, 0.1) is 28.7 Å². The van der Waals surface area contributed by atoms with Crippen LogP contribution in [0.4, 0.5) is 11.6 Å². The number of anilines is 2. The predicted molar refractivity (Wildman–Crippen MR) is 145 cm³/mol. The summed E-state index contributed by atoms with van der Waals surface area (Å²) in [5, 5.41) is 21.6. The van der Waals surface area contributed by atoms with Gasteiger partial charge in [-0.3, -0.25) is 0 Å². The highest BCUT2D eigenvalue weighted by Crippen LogP contribution is 2.31. The van der Waals surface area contributed by atoms with Crippen LogP contribution < -0.4 is 15.8 Å². The summed E-state index contributed by atoms with van der Waals surface area (Å²) in [4.78, 5) is 9.40. The van der Waals surface area contributed by atoms with Crippen molar-refractivity contribution in [2.24, 2.45) is 12.8 Å². The number of rotatable bonds is 7. The minimum atomic E-state index is 0.239. The second-order valence-electron chi connectivity index (χ2n) is 8.71. The van der Waals surface area contributed by atoms with Crippen LogP contribution in [-0.4, -0.2) is 14.5 Å². The lowest BCUT2D eigenvalue weighted by molar-refractivity contribution is 0.298. The van der Waals surface area contributed by atoms with E-state index in [0.29, 0.717) is 17.1 Å². The summed E-state index contributed by atoms with van der Waals surface area (Å²) in [5.41, 5.74) is 13.6. The van der Waals surface area contributed by atoms with Gasteiger partial charge in [0.15, 0.2) is 0 Å². The Bertz CT molecular complexity index is 1590. The quantitative estimate of drug-likeness (QED) is 0.257. The summed E-state index contributed by atoms with van der Waals surface area (Å²) in [7, 11) is 1.95. The normalized spacial score (nSPS) is 11.7. The number of nitriles is 2. The van der Waals surface area contributed by atoms with E-state index in [9.17, 15) is 5.26 Å². The van der Waals surface area contributed by atoms with Gasteiger partial charge in [-0.15, -0.1) is 0 Å². The Labute approximate surface area is 216 Å². The Morgan fingerprint density at radius 3 is 2.43 bits per heavy atom. The molecule has 0 bridgehead atoms. The zero-order valence-corrected chi connectivity index (χ0v) is 21.2. The van der Waals surface area contributed by atoms with Gasteiger partial charge in [0.1, 0.15) is 18.1 Å². The van der Waals surface area contributed by atoms with Crippen molar-refractivity contribution in [3.05, 3.63) is 94.5 Å². The predicted octanol–water partition coefficient (Wildman–Crippen LogP) is 5.55. The topological polar surface area (TPSA) is 126 Å². The molecule has 2 heterocycles. The number of aromatic nitrogens is 3. The molecule has 4 aromatic rings. The molecule has 0 aliphatic heterocycles. The van der Waals surface area contributed by atoms with Crippen LogP contribution in [0.1, 0.15) is 34.9 Å². The summed E-state index contributed by atoms with van der Waals surface area (Å²) in [5.74, 6) is 1.21. The smallest absolute Gasteiger partial charge is 0.228 e. The summed E-state index contributed by atoms with van der Waals surface area (Å²) in [6.07, 6.45) is 5.12. The Morgan fingerprint density at radius 2 is 1.81 bits per heavy atom. The van der Waals surface area contributed by atoms with Gasteiger partial charge in [-0.05, 0) is 97.8 Å². The number of nitrogens with zero attached hydrogens (tertiary/aromatic N) is 5. The number of hydrogen-bond donors (Lipinski definition) is 2. The van der Waals surface area contributed by atoms with Crippen molar-refractivity contribution < 1.29 is 4.74 Å².